The number of hydrogen-bond donors (Lipinski definition) is 2. The van der Waals surface area contributed by atoms with Crippen molar-refractivity contribution in [2.75, 3.05) is 50.0 Å². The number of rotatable bonds is 6. The molecule has 0 bridgehead atoms. The molecule has 3 nitrogen and oxygen atoms in total. The molecule has 2 heterocycles. The van der Waals surface area contributed by atoms with Crippen LogP contribution in [0.1, 0.15) is 12.8 Å². The second kappa shape index (κ2) is 7.89. The smallest absolute Gasteiger partial charge is 0.0791 e. The second-order valence-electron chi connectivity index (χ2n) is 4.89. The molecule has 0 aromatic rings. The van der Waals surface area contributed by atoms with Crippen LogP contribution < -0.4 is 5.32 Å². The predicted molar refractivity (Wildman–Crippen MR) is 78.1 cm³/mol. The summed E-state index contributed by atoms with van der Waals surface area (Å²) in [6.45, 7) is 4.99. The Labute approximate surface area is 113 Å². The maximum absolute atomic E-state index is 9.92. The summed E-state index contributed by atoms with van der Waals surface area (Å²) < 4.78 is 0. The SMILES string of the molecule is OC(CNCC1CSCCS1)CN1CCCC1. The lowest BCUT2D eigenvalue weighted by atomic mass is 10.3. The fourth-order valence-corrected chi connectivity index (χ4v) is 5.04. The van der Waals surface area contributed by atoms with E-state index in [2.05, 4.69) is 33.7 Å². The van der Waals surface area contributed by atoms with E-state index in [9.17, 15) is 5.11 Å². The first-order chi connectivity index (χ1) is 8.34. The minimum atomic E-state index is -0.200. The average Bonchev–Trinajstić information content (AvgIpc) is 2.83. The van der Waals surface area contributed by atoms with Crippen molar-refractivity contribution in [1.82, 2.24) is 10.2 Å². The maximum Gasteiger partial charge on any atom is 0.0791 e. The van der Waals surface area contributed by atoms with Gasteiger partial charge in [-0.05, 0) is 25.9 Å². The van der Waals surface area contributed by atoms with E-state index < -0.39 is 0 Å². The van der Waals surface area contributed by atoms with Gasteiger partial charge in [-0.15, -0.1) is 0 Å². The molecule has 5 heteroatoms. The van der Waals surface area contributed by atoms with Crippen molar-refractivity contribution in [2.45, 2.75) is 24.2 Å². The van der Waals surface area contributed by atoms with E-state index in [1.807, 2.05) is 0 Å². The van der Waals surface area contributed by atoms with Crippen LogP contribution in [0.4, 0.5) is 0 Å². The van der Waals surface area contributed by atoms with Crippen LogP contribution in [0.2, 0.25) is 0 Å². The number of β-amino-alcohol motifs (C(OH)–C–C–N with tert-alkyl or cyclic N) is 1. The van der Waals surface area contributed by atoms with E-state index >= 15 is 0 Å². The molecule has 2 unspecified atom stereocenters. The van der Waals surface area contributed by atoms with Crippen molar-refractivity contribution in [2.24, 2.45) is 0 Å². The first-order valence-electron chi connectivity index (χ1n) is 6.65. The third-order valence-corrected chi connectivity index (χ3v) is 6.15. The zero-order valence-electron chi connectivity index (χ0n) is 10.4. The summed E-state index contributed by atoms with van der Waals surface area (Å²) in [4.78, 5) is 2.37. The van der Waals surface area contributed by atoms with Crippen molar-refractivity contribution in [1.29, 1.82) is 0 Å². The van der Waals surface area contributed by atoms with Crippen LogP contribution in [-0.4, -0.2) is 71.3 Å². The van der Waals surface area contributed by atoms with Gasteiger partial charge in [0, 0.05) is 42.1 Å². The monoisotopic (exact) mass is 276 g/mol. The molecule has 2 aliphatic heterocycles. The molecule has 0 spiro atoms. The van der Waals surface area contributed by atoms with Crippen LogP contribution in [0.3, 0.4) is 0 Å². The average molecular weight is 276 g/mol. The van der Waals surface area contributed by atoms with Crippen LogP contribution in [0.15, 0.2) is 0 Å². The first kappa shape index (κ1) is 14.0. The molecular formula is C12H24N2OS2. The first-order valence-corrected chi connectivity index (χ1v) is 8.85. The summed E-state index contributed by atoms with van der Waals surface area (Å²) >= 11 is 4.13. The van der Waals surface area contributed by atoms with Gasteiger partial charge in [-0.1, -0.05) is 0 Å². The Morgan fingerprint density at radius 3 is 2.82 bits per heavy atom. The Balaban J connectivity index is 1.51. The summed E-state index contributed by atoms with van der Waals surface area (Å²) in [7, 11) is 0. The molecular weight excluding hydrogens is 252 g/mol. The molecule has 17 heavy (non-hydrogen) atoms. The van der Waals surface area contributed by atoms with Gasteiger partial charge in [-0.25, -0.2) is 0 Å². The quantitative estimate of drug-likeness (QED) is 0.753. The maximum atomic E-state index is 9.92. The largest absolute Gasteiger partial charge is 0.390 e. The summed E-state index contributed by atoms with van der Waals surface area (Å²) in [5, 5.41) is 14.1. The molecule has 0 aliphatic carbocycles. The van der Waals surface area contributed by atoms with Gasteiger partial charge >= 0.3 is 0 Å². The Bertz CT molecular complexity index is 207. The number of hydrogen-bond acceptors (Lipinski definition) is 5. The minimum absolute atomic E-state index is 0.200. The third-order valence-electron chi connectivity index (χ3n) is 3.30. The lowest BCUT2D eigenvalue weighted by Gasteiger charge is -2.23. The highest BCUT2D eigenvalue weighted by atomic mass is 32.2. The van der Waals surface area contributed by atoms with Gasteiger partial charge in [0.15, 0.2) is 0 Å². The molecule has 2 N–H and O–H groups in total. The van der Waals surface area contributed by atoms with Crippen LogP contribution in [0, 0.1) is 0 Å². The van der Waals surface area contributed by atoms with Crippen molar-refractivity contribution >= 4 is 23.5 Å². The van der Waals surface area contributed by atoms with E-state index in [0.29, 0.717) is 0 Å². The normalized spacial score (nSPS) is 28.4. The number of aliphatic hydroxyl groups excluding tert-OH is 1. The molecule has 0 saturated carbocycles. The summed E-state index contributed by atoms with van der Waals surface area (Å²) in [6, 6.07) is 0. The lowest BCUT2D eigenvalue weighted by Crippen LogP contribution is -2.39. The molecule has 2 fully saturated rings. The van der Waals surface area contributed by atoms with Crippen LogP contribution in [0.5, 0.6) is 0 Å². The lowest BCUT2D eigenvalue weighted by molar-refractivity contribution is 0.124. The van der Waals surface area contributed by atoms with Gasteiger partial charge in [-0.2, -0.15) is 23.5 Å². The Kier molecular flexibility index (Phi) is 6.50. The molecule has 0 aromatic carbocycles. The Morgan fingerprint density at radius 1 is 1.29 bits per heavy atom. The highest BCUT2D eigenvalue weighted by Crippen LogP contribution is 2.23. The molecule has 0 amide bonds. The molecule has 2 atom stereocenters. The number of nitrogens with zero attached hydrogens (tertiary/aromatic N) is 1. The summed E-state index contributed by atoms with van der Waals surface area (Å²) in [5.41, 5.74) is 0. The van der Waals surface area contributed by atoms with Crippen molar-refractivity contribution in [3.63, 3.8) is 0 Å². The standard InChI is InChI=1S/C12H24N2OS2/c15-11(9-14-3-1-2-4-14)7-13-8-12-10-16-5-6-17-12/h11-13,15H,1-10H2. The van der Waals surface area contributed by atoms with Gasteiger partial charge in [0.25, 0.3) is 0 Å². The van der Waals surface area contributed by atoms with Gasteiger partial charge in [-0.3, -0.25) is 0 Å². The van der Waals surface area contributed by atoms with Gasteiger partial charge in [0.2, 0.25) is 0 Å². The molecule has 2 rings (SSSR count). The predicted octanol–water partition coefficient (Wildman–Crippen LogP) is 0.881. The van der Waals surface area contributed by atoms with Crippen molar-refractivity contribution < 1.29 is 5.11 Å². The van der Waals surface area contributed by atoms with Crippen LogP contribution in [0.25, 0.3) is 0 Å². The van der Waals surface area contributed by atoms with E-state index in [-0.39, 0.29) is 6.10 Å². The van der Waals surface area contributed by atoms with Crippen molar-refractivity contribution in [3.05, 3.63) is 0 Å². The number of nitrogens with one attached hydrogen (secondary N) is 1. The Morgan fingerprint density at radius 2 is 2.12 bits per heavy atom. The second-order valence-corrected chi connectivity index (χ2v) is 7.45. The van der Waals surface area contributed by atoms with Gasteiger partial charge in [0.05, 0.1) is 6.10 Å². The minimum Gasteiger partial charge on any atom is -0.390 e. The topological polar surface area (TPSA) is 35.5 Å². The van der Waals surface area contributed by atoms with Gasteiger partial charge in [0.1, 0.15) is 0 Å². The number of likely N-dealkylation sites (tertiary alicyclic amines) is 1. The fourth-order valence-electron chi connectivity index (χ4n) is 2.39. The molecule has 2 saturated heterocycles. The van der Waals surface area contributed by atoms with E-state index in [1.54, 1.807) is 0 Å². The molecule has 2 aliphatic rings. The number of aliphatic hydroxyl groups is 1. The fraction of sp³-hybridized carbons (Fsp3) is 1.00. The number of thioether (sulfide) groups is 2. The molecule has 100 valence electrons. The van der Waals surface area contributed by atoms with Gasteiger partial charge < -0.3 is 15.3 Å². The van der Waals surface area contributed by atoms with Crippen LogP contribution >= 0.6 is 23.5 Å². The Hall–Kier alpha value is 0.580. The van der Waals surface area contributed by atoms with Crippen LogP contribution in [-0.2, 0) is 0 Å². The highest BCUT2D eigenvalue weighted by Gasteiger charge is 2.17. The highest BCUT2D eigenvalue weighted by molar-refractivity contribution is 8.06. The summed E-state index contributed by atoms with van der Waals surface area (Å²) in [6.07, 6.45) is 2.40. The zero-order valence-corrected chi connectivity index (χ0v) is 12.1. The summed E-state index contributed by atoms with van der Waals surface area (Å²) in [5.74, 6) is 3.85. The zero-order chi connectivity index (χ0) is 11.9. The van der Waals surface area contributed by atoms with E-state index in [0.717, 1.165) is 24.9 Å². The molecule has 0 radical (unpaired) electrons. The van der Waals surface area contributed by atoms with E-state index in [4.69, 9.17) is 0 Å². The molecule has 0 aromatic heterocycles. The third kappa shape index (κ3) is 5.39. The van der Waals surface area contributed by atoms with E-state index in [1.165, 1.54) is 43.2 Å². The van der Waals surface area contributed by atoms with Crippen molar-refractivity contribution in [3.8, 4) is 0 Å².